The molecule has 0 saturated heterocycles. The number of halogens is 2. The number of fused-ring (bicyclic) bond motifs is 1. The lowest BCUT2D eigenvalue weighted by atomic mass is 10.1. The SMILES string of the molecule is NC(Cc1cc(Cl)ccc1Cl)Cn1cnc2ccccc21. The summed E-state index contributed by atoms with van der Waals surface area (Å²) in [7, 11) is 0. The van der Waals surface area contributed by atoms with Gasteiger partial charge in [-0.05, 0) is 42.3 Å². The molecule has 0 aliphatic carbocycles. The van der Waals surface area contributed by atoms with E-state index in [-0.39, 0.29) is 6.04 Å². The predicted molar refractivity (Wildman–Crippen MR) is 87.9 cm³/mol. The number of hydrogen-bond acceptors (Lipinski definition) is 2. The third-order valence-corrected chi connectivity index (χ3v) is 4.05. The van der Waals surface area contributed by atoms with Gasteiger partial charge in [-0.2, -0.15) is 0 Å². The van der Waals surface area contributed by atoms with Crippen LogP contribution in [-0.4, -0.2) is 15.6 Å². The fourth-order valence-electron chi connectivity index (χ4n) is 2.46. The van der Waals surface area contributed by atoms with Gasteiger partial charge in [0.15, 0.2) is 0 Å². The molecule has 0 radical (unpaired) electrons. The summed E-state index contributed by atoms with van der Waals surface area (Å²) in [6.07, 6.45) is 2.50. The fourth-order valence-corrected chi connectivity index (χ4v) is 2.84. The zero-order chi connectivity index (χ0) is 14.8. The summed E-state index contributed by atoms with van der Waals surface area (Å²) < 4.78 is 2.07. The van der Waals surface area contributed by atoms with Crippen LogP contribution >= 0.6 is 23.2 Å². The Kier molecular flexibility index (Phi) is 4.15. The second-order valence-corrected chi connectivity index (χ2v) is 5.93. The van der Waals surface area contributed by atoms with Crippen LogP contribution in [0.3, 0.4) is 0 Å². The minimum Gasteiger partial charge on any atom is -0.329 e. The van der Waals surface area contributed by atoms with Gasteiger partial charge in [-0.25, -0.2) is 4.98 Å². The number of nitrogens with two attached hydrogens (primary N) is 1. The van der Waals surface area contributed by atoms with Crippen molar-refractivity contribution in [2.45, 2.75) is 19.0 Å². The van der Waals surface area contributed by atoms with Gasteiger partial charge in [0.25, 0.3) is 0 Å². The van der Waals surface area contributed by atoms with E-state index in [2.05, 4.69) is 9.55 Å². The molecule has 2 N–H and O–H groups in total. The molecule has 1 aromatic heterocycles. The maximum absolute atomic E-state index is 6.26. The highest BCUT2D eigenvalue weighted by atomic mass is 35.5. The zero-order valence-corrected chi connectivity index (χ0v) is 12.8. The molecular weight excluding hydrogens is 305 g/mol. The van der Waals surface area contributed by atoms with Crippen LogP contribution in [0.2, 0.25) is 10.0 Å². The first-order valence-electron chi connectivity index (χ1n) is 6.73. The van der Waals surface area contributed by atoms with Gasteiger partial charge in [0.1, 0.15) is 0 Å². The highest BCUT2D eigenvalue weighted by Gasteiger charge is 2.10. The Hall–Kier alpha value is -1.55. The lowest BCUT2D eigenvalue weighted by Gasteiger charge is -2.14. The van der Waals surface area contributed by atoms with Crippen LogP contribution < -0.4 is 5.73 Å². The van der Waals surface area contributed by atoms with Gasteiger partial charge in [0.2, 0.25) is 0 Å². The number of imidazole rings is 1. The Bertz CT molecular complexity index is 767. The molecule has 5 heteroatoms. The molecule has 108 valence electrons. The van der Waals surface area contributed by atoms with Crippen molar-refractivity contribution >= 4 is 34.2 Å². The van der Waals surface area contributed by atoms with Gasteiger partial charge < -0.3 is 10.3 Å². The van der Waals surface area contributed by atoms with Gasteiger partial charge in [-0.3, -0.25) is 0 Å². The summed E-state index contributed by atoms with van der Waals surface area (Å²) in [6, 6.07) is 13.4. The monoisotopic (exact) mass is 319 g/mol. The zero-order valence-electron chi connectivity index (χ0n) is 11.3. The number of nitrogens with zero attached hydrogens (tertiary/aromatic N) is 2. The molecule has 1 heterocycles. The Morgan fingerprint density at radius 3 is 2.81 bits per heavy atom. The highest BCUT2D eigenvalue weighted by molar-refractivity contribution is 6.33. The molecule has 2 aromatic carbocycles. The first-order valence-corrected chi connectivity index (χ1v) is 7.48. The number of para-hydroxylation sites is 2. The fraction of sp³-hybridized carbons (Fsp3) is 0.188. The summed E-state index contributed by atoms with van der Waals surface area (Å²) in [5.41, 5.74) is 9.30. The van der Waals surface area contributed by atoms with E-state index in [1.54, 1.807) is 12.1 Å². The number of rotatable bonds is 4. The van der Waals surface area contributed by atoms with Crippen molar-refractivity contribution < 1.29 is 0 Å². The van der Waals surface area contributed by atoms with Crippen molar-refractivity contribution in [3.8, 4) is 0 Å². The van der Waals surface area contributed by atoms with Crippen LogP contribution in [0.5, 0.6) is 0 Å². The first kappa shape index (κ1) is 14.4. The Morgan fingerprint density at radius 2 is 1.95 bits per heavy atom. The smallest absolute Gasteiger partial charge is 0.0958 e. The third-order valence-electron chi connectivity index (χ3n) is 3.45. The average molecular weight is 320 g/mol. The molecule has 21 heavy (non-hydrogen) atoms. The lowest BCUT2D eigenvalue weighted by molar-refractivity contribution is 0.559. The summed E-state index contributed by atoms with van der Waals surface area (Å²) >= 11 is 12.2. The summed E-state index contributed by atoms with van der Waals surface area (Å²) in [6.45, 7) is 0.684. The molecule has 3 nitrogen and oxygen atoms in total. The minimum absolute atomic E-state index is 0.0569. The van der Waals surface area contributed by atoms with E-state index in [9.17, 15) is 0 Å². The summed E-state index contributed by atoms with van der Waals surface area (Å²) in [4.78, 5) is 4.37. The van der Waals surface area contributed by atoms with Gasteiger partial charge >= 0.3 is 0 Å². The Balaban J connectivity index is 1.77. The van der Waals surface area contributed by atoms with Crippen LogP contribution in [0, 0.1) is 0 Å². The third kappa shape index (κ3) is 3.21. The van der Waals surface area contributed by atoms with E-state index in [0.717, 1.165) is 16.6 Å². The van der Waals surface area contributed by atoms with Crippen molar-refractivity contribution in [1.82, 2.24) is 9.55 Å². The molecule has 0 spiro atoms. The van der Waals surface area contributed by atoms with E-state index < -0.39 is 0 Å². The second kappa shape index (κ2) is 6.06. The van der Waals surface area contributed by atoms with E-state index in [1.165, 1.54) is 0 Å². The van der Waals surface area contributed by atoms with E-state index in [0.29, 0.717) is 23.0 Å². The Labute approximate surface area is 133 Å². The molecule has 0 aliphatic heterocycles. The molecule has 0 amide bonds. The number of benzene rings is 2. The normalized spacial score (nSPS) is 12.7. The predicted octanol–water partition coefficient (Wildman–Crippen LogP) is 3.91. The number of aromatic nitrogens is 2. The van der Waals surface area contributed by atoms with Crippen LogP contribution in [0.15, 0.2) is 48.8 Å². The van der Waals surface area contributed by atoms with Gasteiger partial charge in [-0.1, -0.05) is 35.3 Å². The maximum Gasteiger partial charge on any atom is 0.0958 e. The molecule has 1 unspecified atom stereocenters. The number of hydrogen-bond donors (Lipinski definition) is 1. The van der Waals surface area contributed by atoms with Gasteiger partial charge in [-0.15, -0.1) is 0 Å². The molecule has 3 rings (SSSR count). The van der Waals surface area contributed by atoms with Gasteiger partial charge in [0, 0.05) is 22.6 Å². The van der Waals surface area contributed by atoms with E-state index in [1.807, 2.05) is 36.7 Å². The average Bonchev–Trinajstić information content (AvgIpc) is 2.86. The van der Waals surface area contributed by atoms with Crippen LogP contribution in [0.1, 0.15) is 5.56 Å². The second-order valence-electron chi connectivity index (χ2n) is 5.09. The molecule has 0 fully saturated rings. The summed E-state index contributed by atoms with van der Waals surface area (Å²) in [5, 5.41) is 1.38. The van der Waals surface area contributed by atoms with Crippen molar-refractivity contribution in [1.29, 1.82) is 0 Å². The molecule has 0 aliphatic rings. The Morgan fingerprint density at radius 1 is 1.14 bits per heavy atom. The van der Waals surface area contributed by atoms with Crippen molar-refractivity contribution in [3.05, 3.63) is 64.4 Å². The van der Waals surface area contributed by atoms with E-state index >= 15 is 0 Å². The molecule has 0 saturated carbocycles. The quantitative estimate of drug-likeness (QED) is 0.792. The van der Waals surface area contributed by atoms with Crippen LogP contribution in [-0.2, 0) is 13.0 Å². The molecule has 1 atom stereocenters. The topological polar surface area (TPSA) is 43.8 Å². The van der Waals surface area contributed by atoms with Crippen molar-refractivity contribution in [3.63, 3.8) is 0 Å². The van der Waals surface area contributed by atoms with E-state index in [4.69, 9.17) is 28.9 Å². The highest BCUT2D eigenvalue weighted by Crippen LogP contribution is 2.22. The molecular formula is C16H15Cl2N3. The maximum atomic E-state index is 6.26. The van der Waals surface area contributed by atoms with Crippen molar-refractivity contribution in [2.24, 2.45) is 5.73 Å². The standard InChI is InChI=1S/C16H15Cl2N3/c17-12-5-6-14(18)11(7-12)8-13(19)9-21-10-20-15-3-1-2-4-16(15)21/h1-7,10,13H,8-9,19H2. The molecule has 3 aromatic rings. The molecule has 0 bridgehead atoms. The van der Waals surface area contributed by atoms with Crippen molar-refractivity contribution in [2.75, 3.05) is 0 Å². The van der Waals surface area contributed by atoms with Gasteiger partial charge in [0.05, 0.1) is 17.4 Å². The minimum atomic E-state index is -0.0569. The summed E-state index contributed by atoms with van der Waals surface area (Å²) in [5.74, 6) is 0. The largest absolute Gasteiger partial charge is 0.329 e. The van der Waals surface area contributed by atoms with Crippen LogP contribution in [0.25, 0.3) is 11.0 Å². The first-order chi connectivity index (χ1) is 10.1. The van der Waals surface area contributed by atoms with Crippen LogP contribution in [0.4, 0.5) is 0 Å². The lowest BCUT2D eigenvalue weighted by Crippen LogP contribution is -2.28.